The molecule has 112 valence electrons. The molecule has 2 fully saturated rings. The van der Waals surface area contributed by atoms with Gasteiger partial charge in [-0.1, -0.05) is 0 Å². The molecule has 1 aliphatic carbocycles. The van der Waals surface area contributed by atoms with E-state index >= 15 is 0 Å². The Kier molecular flexibility index (Phi) is 2.63. The summed E-state index contributed by atoms with van der Waals surface area (Å²) >= 11 is 0. The molecule has 0 bridgehead atoms. The fraction of sp³-hybridized carbons (Fsp3) is 0.643. The highest BCUT2D eigenvalue weighted by atomic mass is 16.2. The molecule has 3 heterocycles. The van der Waals surface area contributed by atoms with Gasteiger partial charge in [0.05, 0.1) is 29.5 Å². The highest BCUT2D eigenvalue weighted by Crippen LogP contribution is 2.38. The van der Waals surface area contributed by atoms with E-state index in [4.69, 9.17) is 5.73 Å². The van der Waals surface area contributed by atoms with Crippen LogP contribution in [-0.4, -0.2) is 51.2 Å². The number of carbonyl (C=O) groups is 2. The van der Waals surface area contributed by atoms with Gasteiger partial charge in [0, 0.05) is 25.6 Å². The summed E-state index contributed by atoms with van der Waals surface area (Å²) < 4.78 is 1.87. The Labute approximate surface area is 122 Å². The molecule has 7 nitrogen and oxygen atoms in total. The summed E-state index contributed by atoms with van der Waals surface area (Å²) in [6, 6.07) is 0.0835. The molecule has 1 aromatic rings. The van der Waals surface area contributed by atoms with Crippen LogP contribution in [0.4, 0.5) is 0 Å². The van der Waals surface area contributed by atoms with Crippen molar-refractivity contribution in [3.63, 3.8) is 0 Å². The zero-order chi connectivity index (χ0) is 14.6. The van der Waals surface area contributed by atoms with Crippen LogP contribution < -0.4 is 11.1 Å². The number of nitrogens with one attached hydrogen (secondary N) is 1. The predicted molar refractivity (Wildman–Crippen MR) is 74.5 cm³/mol. The van der Waals surface area contributed by atoms with Crippen LogP contribution in [0.1, 0.15) is 35.3 Å². The minimum atomic E-state index is -0.158. The SMILES string of the molecule is NC1CCn2ncc(C(=O)N3CC(=O)NC4(CC4)C3)c2C1. The van der Waals surface area contributed by atoms with Crippen molar-refractivity contribution in [2.75, 3.05) is 13.1 Å². The van der Waals surface area contributed by atoms with Gasteiger partial charge in [-0.15, -0.1) is 0 Å². The number of piperazine rings is 1. The number of fused-ring (bicyclic) bond motifs is 1. The summed E-state index contributed by atoms with van der Waals surface area (Å²) in [6.45, 7) is 1.50. The van der Waals surface area contributed by atoms with Crippen LogP contribution >= 0.6 is 0 Å². The molecule has 3 N–H and O–H groups in total. The summed E-state index contributed by atoms with van der Waals surface area (Å²) in [5, 5.41) is 7.28. The fourth-order valence-electron chi connectivity index (χ4n) is 3.35. The molecule has 1 spiro atoms. The summed E-state index contributed by atoms with van der Waals surface area (Å²) in [5.41, 5.74) is 7.36. The van der Waals surface area contributed by atoms with Crippen molar-refractivity contribution in [3.05, 3.63) is 17.5 Å². The highest BCUT2D eigenvalue weighted by molar-refractivity contribution is 5.98. The van der Waals surface area contributed by atoms with Gasteiger partial charge < -0.3 is 16.0 Å². The minimum Gasteiger partial charge on any atom is -0.347 e. The first-order valence-electron chi connectivity index (χ1n) is 7.47. The molecule has 0 radical (unpaired) electrons. The molecule has 1 unspecified atom stereocenters. The second-order valence-corrected chi connectivity index (χ2v) is 6.47. The topological polar surface area (TPSA) is 93.2 Å². The van der Waals surface area contributed by atoms with Crippen molar-refractivity contribution >= 4 is 11.8 Å². The number of nitrogens with two attached hydrogens (primary N) is 1. The zero-order valence-corrected chi connectivity index (χ0v) is 11.8. The van der Waals surface area contributed by atoms with Crippen molar-refractivity contribution in [3.8, 4) is 0 Å². The number of rotatable bonds is 1. The van der Waals surface area contributed by atoms with Gasteiger partial charge in [0.25, 0.3) is 5.91 Å². The van der Waals surface area contributed by atoms with Crippen LogP contribution in [0.25, 0.3) is 0 Å². The van der Waals surface area contributed by atoms with Crippen LogP contribution in [-0.2, 0) is 17.8 Å². The normalized spacial score (nSPS) is 26.4. The number of nitrogens with zero attached hydrogens (tertiary/aromatic N) is 3. The van der Waals surface area contributed by atoms with Crippen LogP contribution in [0.2, 0.25) is 0 Å². The first kappa shape index (κ1) is 12.8. The Hall–Kier alpha value is -1.89. The van der Waals surface area contributed by atoms with Gasteiger partial charge in [0.1, 0.15) is 0 Å². The molecule has 0 aromatic carbocycles. The lowest BCUT2D eigenvalue weighted by atomic mass is 10.0. The van der Waals surface area contributed by atoms with Crippen LogP contribution in [0, 0.1) is 0 Å². The minimum absolute atomic E-state index is 0.0650. The summed E-state index contributed by atoms with van der Waals surface area (Å²) in [6.07, 6.45) is 5.10. The Morgan fingerprint density at radius 1 is 1.48 bits per heavy atom. The molecule has 2 aliphatic heterocycles. The molecule has 1 atom stereocenters. The average molecular weight is 289 g/mol. The van der Waals surface area contributed by atoms with Gasteiger partial charge >= 0.3 is 0 Å². The van der Waals surface area contributed by atoms with Gasteiger partial charge in [-0.2, -0.15) is 5.10 Å². The molecule has 2 amide bonds. The van der Waals surface area contributed by atoms with E-state index in [2.05, 4.69) is 10.4 Å². The first-order chi connectivity index (χ1) is 10.1. The Bertz CT molecular complexity index is 619. The molecule has 4 rings (SSSR count). The third-order valence-electron chi connectivity index (χ3n) is 4.72. The van der Waals surface area contributed by atoms with Gasteiger partial charge in [0.15, 0.2) is 0 Å². The Balaban J connectivity index is 1.60. The smallest absolute Gasteiger partial charge is 0.257 e. The van der Waals surface area contributed by atoms with Gasteiger partial charge in [-0.3, -0.25) is 14.3 Å². The van der Waals surface area contributed by atoms with E-state index in [9.17, 15) is 9.59 Å². The van der Waals surface area contributed by atoms with Crippen LogP contribution in [0.3, 0.4) is 0 Å². The molecule has 1 saturated carbocycles. The van der Waals surface area contributed by atoms with Crippen molar-refractivity contribution in [1.82, 2.24) is 20.0 Å². The fourth-order valence-corrected chi connectivity index (χ4v) is 3.35. The van der Waals surface area contributed by atoms with Crippen molar-refractivity contribution in [2.45, 2.75) is 43.8 Å². The third kappa shape index (κ3) is 2.12. The van der Waals surface area contributed by atoms with E-state index in [1.54, 1.807) is 11.1 Å². The maximum Gasteiger partial charge on any atom is 0.257 e. The van der Waals surface area contributed by atoms with Crippen molar-refractivity contribution < 1.29 is 9.59 Å². The van der Waals surface area contributed by atoms with Crippen LogP contribution in [0.5, 0.6) is 0 Å². The number of aromatic nitrogens is 2. The molecule has 7 heteroatoms. The van der Waals surface area contributed by atoms with Gasteiger partial charge in [0.2, 0.25) is 5.91 Å². The van der Waals surface area contributed by atoms with E-state index < -0.39 is 0 Å². The lowest BCUT2D eigenvalue weighted by Crippen LogP contribution is -2.57. The highest BCUT2D eigenvalue weighted by Gasteiger charge is 2.49. The van der Waals surface area contributed by atoms with E-state index in [1.807, 2.05) is 4.68 Å². The van der Waals surface area contributed by atoms with Crippen molar-refractivity contribution in [2.24, 2.45) is 5.73 Å². The molecule has 1 aromatic heterocycles. The Morgan fingerprint density at radius 3 is 3.05 bits per heavy atom. The van der Waals surface area contributed by atoms with E-state index in [0.717, 1.165) is 31.5 Å². The standard InChI is InChI=1S/C14H19N5O2/c15-9-1-4-19-11(5-9)10(6-16-19)13(21)18-7-12(20)17-14(8-18)2-3-14/h6,9H,1-5,7-8,15H2,(H,17,20). The molecular weight excluding hydrogens is 270 g/mol. The molecule has 21 heavy (non-hydrogen) atoms. The number of hydrogen-bond donors (Lipinski definition) is 2. The average Bonchev–Trinajstić information content (AvgIpc) is 3.04. The quantitative estimate of drug-likeness (QED) is 0.712. The number of carbonyl (C=O) groups excluding carboxylic acids is 2. The third-order valence-corrected chi connectivity index (χ3v) is 4.72. The molecule has 3 aliphatic rings. The van der Waals surface area contributed by atoms with E-state index in [-0.39, 0.29) is 29.9 Å². The van der Waals surface area contributed by atoms with Crippen LogP contribution in [0.15, 0.2) is 6.20 Å². The lowest BCUT2D eigenvalue weighted by molar-refractivity contribution is -0.125. The maximum atomic E-state index is 12.8. The lowest BCUT2D eigenvalue weighted by Gasteiger charge is -2.33. The zero-order valence-electron chi connectivity index (χ0n) is 11.8. The second-order valence-electron chi connectivity index (χ2n) is 6.47. The number of aryl methyl sites for hydroxylation is 1. The monoisotopic (exact) mass is 289 g/mol. The summed E-state index contributed by atoms with van der Waals surface area (Å²) in [5.74, 6) is -0.156. The maximum absolute atomic E-state index is 12.8. The summed E-state index contributed by atoms with van der Waals surface area (Å²) in [4.78, 5) is 26.2. The van der Waals surface area contributed by atoms with Gasteiger partial charge in [-0.05, 0) is 19.3 Å². The van der Waals surface area contributed by atoms with E-state index in [1.165, 1.54) is 0 Å². The summed E-state index contributed by atoms with van der Waals surface area (Å²) in [7, 11) is 0. The first-order valence-corrected chi connectivity index (χ1v) is 7.47. The van der Waals surface area contributed by atoms with Gasteiger partial charge in [-0.25, -0.2) is 0 Å². The molecule has 1 saturated heterocycles. The second kappa shape index (κ2) is 4.30. The molecular formula is C14H19N5O2. The van der Waals surface area contributed by atoms with E-state index in [0.29, 0.717) is 18.5 Å². The number of amides is 2. The Morgan fingerprint density at radius 2 is 2.29 bits per heavy atom. The largest absolute Gasteiger partial charge is 0.347 e. The number of hydrogen-bond acceptors (Lipinski definition) is 4. The van der Waals surface area contributed by atoms with Crippen molar-refractivity contribution in [1.29, 1.82) is 0 Å². The predicted octanol–water partition coefficient (Wildman–Crippen LogP) is -0.739.